The molecule has 2 atom stereocenters. The third-order valence-corrected chi connectivity index (χ3v) is 4.32. The lowest BCUT2D eigenvalue weighted by molar-refractivity contribution is -0.143. The topological polar surface area (TPSA) is 74.6 Å². The minimum absolute atomic E-state index is 0.0298. The lowest BCUT2D eigenvalue weighted by atomic mass is 10.2. The number of nitrogens with one attached hydrogen (secondary N) is 1. The number of hydrogen-bond acceptors (Lipinski definition) is 3. The van der Waals surface area contributed by atoms with E-state index in [9.17, 15) is 14.7 Å². The smallest absolute Gasteiger partial charge is 0.320 e. The van der Waals surface area contributed by atoms with Crippen LogP contribution in [-0.4, -0.2) is 51.1 Å². The largest absolute Gasteiger partial charge is 0.480 e. The molecule has 0 spiro atoms. The van der Waals surface area contributed by atoms with Crippen molar-refractivity contribution in [3.63, 3.8) is 0 Å². The van der Waals surface area contributed by atoms with E-state index in [-0.39, 0.29) is 18.0 Å². The van der Waals surface area contributed by atoms with Crippen molar-refractivity contribution in [3.05, 3.63) is 24.5 Å². The van der Waals surface area contributed by atoms with Crippen LogP contribution in [0.2, 0.25) is 0 Å². The lowest BCUT2D eigenvalue weighted by Gasteiger charge is -2.27. The molecule has 1 aliphatic carbocycles. The molecular weight excluding hydrogens is 270 g/mol. The van der Waals surface area contributed by atoms with Crippen LogP contribution in [0.4, 0.5) is 0 Å². The summed E-state index contributed by atoms with van der Waals surface area (Å²) in [5.41, 5.74) is 0. The van der Waals surface area contributed by atoms with Crippen LogP contribution in [0.15, 0.2) is 24.5 Å². The molecule has 6 nitrogen and oxygen atoms in total. The Balaban J connectivity index is 1.55. The Morgan fingerprint density at radius 1 is 1.10 bits per heavy atom. The monoisotopic (exact) mass is 291 g/mol. The first-order chi connectivity index (χ1) is 10.2. The average molecular weight is 291 g/mol. The summed E-state index contributed by atoms with van der Waals surface area (Å²) in [6, 6.07) is 3.42. The summed E-state index contributed by atoms with van der Waals surface area (Å²) in [6.45, 7) is 1.30. The fourth-order valence-corrected chi connectivity index (χ4v) is 3.18. The fraction of sp³-hybridized carbons (Fsp3) is 0.600. The Hall–Kier alpha value is -1.82. The maximum atomic E-state index is 12.3. The van der Waals surface area contributed by atoms with Gasteiger partial charge in [0.1, 0.15) is 6.04 Å². The maximum Gasteiger partial charge on any atom is 0.320 e. The van der Waals surface area contributed by atoms with Gasteiger partial charge in [-0.1, -0.05) is 0 Å². The molecule has 0 radical (unpaired) electrons. The zero-order chi connectivity index (χ0) is 14.8. The molecule has 1 amide bonds. The fourth-order valence-electron chi connectivity index (χ4n) is 3.18. The molecule has 2 aliphatic rings. The van der Waals surface area contributed by atoms with Gasteiger partial charge in [-0.05, 0) is 37.8 Å². The molecule has 2 heterocycles. The molecule has 21 heavy (non-hydrogen) atoms. The molecule has 1 aromatic rings. The van der Waals surface area contributed by atoms with E-state index in [1.165, 1.54) is 0 Å². The molecule has 1 saturated heterocycles. The Morgan fingerprint density at radius 2 is 1.76 bits per heavy atom. The van der Waals surface area contributed by atoms with E-state index in [0.29, 0.717) is 19.4 Å². The Morgan fingerprint density at radius 3 is 2.38 bits per heavy atom. The van der Waals surface area contributed by atoms with Gasteiger partial charge in [-0.3, -0.25) is 14.5 Å². The number of carbonyl (C=O) groups excluding carboxylic acids is 1. The van der Waals surface area contributed by atoms with Gasteiger partial charge in [0.2, 0.25) is 5.91 Å². The van der Waals surface area contributed by atoms with Gasteiger partial charge in [-0.25, -0.2) is 0 Å². The molecule has 1 saturated carbocycles. The third-order valence-electron chi connectivity index (χ3n) is 4.32. The van der Waals surface area contributed by atoms with Crippen LogP contribution in [0.3, 0.4) is 0 Å². The summed E-state index contributed by atoms with van der Waals surface area (Å²) >= 11 is 0. The lowest BCUT2D eigenvalue weighted by Crippen LogP contribution is -2.49. The van der Waals surface area contributed by atoms with Crippen molar-refractivity contribution in [2.75, 3.05) is 6.54 Å². The Kier molecular flexibility index (Phi) is 3.96. The number of nitrogens with zero attached hydrogens (tertiary/aromatic N) is 2. The molecule has 2 fully saturated rings. The number of carbonyl (C=O) groups is 2. The van der Waals surface area contributed by atoms with Crippen molar-refractivity contribution in [2.24, 2.45) is 0 Å². The first-order valence-electron chi connectivity index (χ1n) is 7.55. The van der Waals surface area contributed by atoms with Crippen LogP contribution in [0.5, 0.6) is 0 Å². The number of carboxylic acids is 1. The van der Waals surface area contributed by atoms with E-state index < -0.39 is 12.0 Å². The standard InChI is InChI=1S/C15H21N3O3/c19-14(16-7-10-17-8-1-2-9-17)12-5-6-13(15(20)21)18(12)11-3-4-11/h1-2,8-9,11-13H,3-7,10H2,(H,16,19)(H,20,21). The molecule has 3 rings (SSSR count). The van der Waals surface area contributed by atoms with Gasteiger partial charge in [-0.2, -0.15) is 0 Å². The van der Waals surface area contributed by atoms with Crippen molar-refractivity contribution in [3.8, 4) is 0 Å². The first-order valence-corrected chi connectivity index (χ1v) is 7.55. The number of hydrogen-bond donors (Lipinski definition) is 2. The Bertz CT molecular complexity index is 510. The van der Waals surface area contributed by atoms with Crippen molar-refractivity contribution < 1.29 is 14.7 Å². The number of aliphatic carboxylic acids is 1. The first kappa shape index (κ1) is 14.1. The van der Waals surface area contributed by atoms with Crippen LogP contribution < -0.4 is 5.32 Å². The zero-order valence-corrected chi connectivity index (χ0v) is 11.9. The summed E-state index contributed by atoms with van der Waals surface area (Å²) in [5.74, 6) is -0.831. The van der Waals surface area contributed by atoms with Gasteiger partial charge in [-0.15, -0.1) is 0 Å². The molecule has 2 N–H and O–H groups in total. The van der Waals surface area contributed by atoms with Crippen molar-refractivity contribution in [1.29, 1.82) is 0 Å². The molecule has 6 heteroatoms. The van der Waals surface area contributed by atoms with Crippen molar-refractivity contribution in [1.82, 2.24) is 14.8 Å². The van der Waals surface area contributed by atoms with E-state index in [1.807, 2.05) is 34.0 Å². The van der Waals surface area contributed by atoms with E-state index in [4.69, 9.17) is 0 Å². The maximum absolute atomic E-state index is 12.3. The van der Waals surface area contributed by atoms with Crippen LogP contribution in [0, 0.1) is 0 Å². The number of rotatable bonds is 6. The summed E-state index contributed by atoms with van der Waals surface area (Å²) < 4.78 is 2.01. The highest BCUT2D eigenvalue weighted by atomic mass is 16.4. The number of likely N-dealkylation sites (tertiary alicyclic amines) is 1. The van der Waals surface area contributed by atoms with Gasteiger partial charge < -0.3 is 15.0 Å². The molecule has 114 valence electrons. The summed E-state index contributed by atoms with van der Waals surface area (Å²) in [4.78, 5) is 25.6. The quantitative estimate of drug-likeness (QED) is 0.808. The minimum Gasteiger partial charge on any atom is -0.480 e. The van der Waals surface area contributed by atoms with E-state index in [2.05, 4.69) is 5.32 Å². The van der Waals surface area contributed by atoms with Crippen LogP contribution in [0.25, 0.3) is 0 Å². The molecule has 0 bridgehead atoms. The number of aromatic nitrogens is 1. The van der Waals surface area contributed by atoms with E-state index in [1.54, 1.807) is 0 Å². The summed E-state index contributed by atoms with van der Waals surface area (Å²) in [5, 5.41) is 12.2. The second-order valence-electron chi connectivity index (χ2n) is 5.84. The van der Waals surface area contributed by atoms with Gasteiger partial charge in [0.15, 0.2) is 0 Å². The number of carboxylic acid groups (broad SMARTS) is 1. The molecular formula is C15H21N3O3. The molecule has 2 unspecified atom stereocenters. The minimum atomic E-state index is -0.801. The zero-order valence-electron chi connectivity index (χ0n) is 11.9. The predicted octanol–water partition coefficient (Wildman–Crippen LogP) is 0.684. The normalized spacial score (nSPS) is 25.9. The van der Waals surface area contributed by atoms with Gasteiger partial charge in [0, 0.05) is 31.5 Å². The third kappa shape index (κ3) is 3.10. The van der Waals surface area contributed by atoms with Gasteiger partial charge in [0.25, 0.3) is 0 Å². The summed E-state index contributed by atoms with van der Waals surface area (Å²) in [6.07, 6.45) is 7.15. The highest BCUT2D eigenvalue weighted by Gasteiger charge is 2.48. The van der Waals surface area contributed by atoms with Gasteiger partial charge in [0.05, 0.1) is 6.04 Å². The molecule has 1 aromatic heterocycles. The second kappa shape index (κ2) is 5.89. The SMILES string of the molecule is O=C(O)C1CCC(C(=O)NCCn2cccc2)N1C1CC1. The average Bonchev–Trinajstić information content (AvgIpc) is 3.00. The van der Waals surface area contributed by atoms with Crippen LogP contribution in [0.1, 0.15) is 25.7 Å². The van der Waals surface area contributed by atoms with Crippen molar-refractivity contribution in [2.45, 2.75) is 50.4 Å². The molecule has 0 aromatic carbocycles. The summed E-state index contributed by atoms with van der Waals surface area (Å²) in [7, 11) is 0. The predicted molar refractivity (Wildman–Crippen MR) is 76.7 cm³/mol. The number of amides is 1. The van der Waals surface area contributed by atoms with Crippen LogP contribution >= 0.6 is 0 Å². The second-order valence-corrected chi connectivity index (χ2v) is 5.84. The van der Waals surface area contributed by atoms with Crippen molar-refractivity contribution >= 4 is 11.9 Å². The highest BCUT2D eigenvalue weighted by Crippen LogP contribution is 2.37. The van der Waals surface area contributed by atoms with E-state index >= 15 is 0 Å². The van der Waals surface area contributed by atoms with E-state index in [0.717, 1.165) is 19.4 Å². The molecule has 1 aliphatic heterocycles. The van der Waals surface area contributed by atoms with Crippen LogP contribution in [-0.2, 0) is 16.1 Å². The van der Waals surface area contributed by atoms with Gasteiger partial charge >= 0.3 is 5.97 Å². The highest BCUT2D eigenvalue weighted by molar-refractivity contribution is 5.84. The Labute approximate surface area is 123 Å².